The van der Waals surface area contributed by atoms with E-state index in [1.165, 1.54) is 12.1 Å². The first-order valence-electron chi connectivity index (χ1n) is 6.52. The summed E-state index contributed by atoms with van der Waals surface area (Å²) in [5.74, 6) is -1.96. The molecule has 0 aliphatic rings. The van der Waals surface area contributed by atoms with Crippen LogP contribution in [0.15, 0.2) is 12.1 Å². The summed E-state index contributed by atoms with van der Waals surface area (Å²) in [6.07, 6.45) is 0.816. The van der Waals surface area contributed by atoms with Crippen molar-refractivity contribution in [1.29, 1.82) is 0 Å². The summed E-state index contributed by atoms with van der Waals surface area (Å²) in [6.45, 7) is 10.3. The molecule has 112 valence electrons. The van der Waals surface area contributed by atoms with Crippen LogP contribution in [0.4, 0.5) is 15.8 Å². The highest BCUT2D eigenvalue weighted by atomic mass is 19.1. The SMILES string of the molecule is CC(C)(C)CC(C)(C)Nc1ccc(F)c(N)c1C(=O)O. The Bertz CT molecular complexity index is 519. The molecule has 5 heteroatoms. The number of carbonyl (C=O) groups is 1. The summed E-state index contributed by atoms with van der Waals surface area (Å²) in [4.78, 5) is 11.3. The lowest BCUT2D eigenvalue weighted by Gasteiger charge is -2.34. The standard InChI is InChI=1S/C15H23FN2O2/c1-14(2,3)8-15(4,5)18-10-7-6-9(16)12(17)11(10)13(19)20/h6-7,18H,8,17H2,1-5H3,(H,19,20). The van der Waals surface area contributed by atoms with Crippen LogP contribution in [-0.2, 0) is 0 Å². The molecular formula is C15H23FN2O2. The van der Waals surface area contributed by atoms with Crippen molar-refractivity contribution in [1.82, 2.24) is 0 Å². The zero-order valence-electron chi connectivity index (χ0n) is 12.7. The predicted molar refractivity (Wildman–Crippen MR) is 79.5 cm³/mol. The van der Waals surface area contributed by atoms with E-state index in [9.17, 15) is 14.3 Å². The van der Waals surface area contributed by atoms with Gasteiger partial charge >= 0.3 is 5.97 Å². The van der Waals surface area contributed by atoms with Gasteiger partial charge in [0.1, 0.15) is 11.4 Å². The number of anilines is 2. The van der Waals surface area contributed by atoms with Gasteiger partial charge in [0, 0.05) is 5.54 Å². The van der Waals surface area contributed by atoms with Crippen molar-refractivity contribution >= 4 is 17.3 Å². The molecule has 0 atom stereocenters. The Hall–Kier alpha value is -1.78. The third kappa shape index (κ3) is 4.11. The van der Waals surface area contributed by atoms with Gasteiger partial charge in [0.15, 0.2) is 0 Å². The highest BCUT2D eigenvalue weighted by Crippen LogP contribution is 2.32. The second-order valence-electron chi connectivity index (χ2n) is 6.94. The van der Waals surface area contributed by atoms with Gasteiger partial charge in [0.25, 0.3) is 0 Å². The molecule has 1 aromatic rings. The van der Waals surface area contributed by atoms with E-state index in [1.54, 1.807) is 0 Å². The summed E-state index contributed by atoms with van der Waals surface area (Å²) in [6, 6.07) is 2.59. The molecule has 0 bridgehead atoms. The molecule has 1 aromatic carbocycles. The summed E-state index contributed by atoms with van der Waals surface area (Å²) in [5.41, 5.74) is 5.05. The van der Waals surface area contributed by atoms with E-state index < -0.39 is 11.8 Å². The molecule has 0 heterocycles. The molecule has 0 amide bonds. The van der Waals surface area contributed by atoms with Crippen molar-refractivity contribution in [2.24, 2.45) is 5.41 Å². The fourth-order valence-electron chi connectivity index (χ4n) is 2.66. The molecule has 0 aliphatic heterocycles. The first kappa shape index (κ1) is 16.3. The maximum atomic E-state index is 13.4. The van der Waals surface area contributed by atoms with E-state index in [4.69, 9.17) is 5.73 Å². The fraction of sp³-hybridized carbons (Fsp3) is 0.533. The van der Waals surface area contributed by atoms with Gasteiger partial charge in [0.2, 0.25) is 0 Å². The smallest absolute Gasteiger partial charge is 0.340 e. The number of hydrogen-bond donors (Lipinski definition) is 3. The number of halogens is 1. The van der Waals surface area contributed by atoms with Crippen LogP contribution in [0.5, 0.6) is 0 Å². The second kappa shape index (κ2) is 5.31. The molecule has 1 rings (SSSR count). The van der Waals surface area contributed by atoms with E-state index in [-0.39, 0.29) is 22.2 Å². The molecule has 0 spiro atoms. The molecule has 0 radical (unpaired) electrons. The van der Waals surface area contributed by atoms with Crippen molar-refractivity contribution in [3.8, 4) is 0 Å². The Labute approximate surface area is 119 Å². The Kier molecular flexibility index (Phi) is 4.32. The van der Waals surface area contributed by atoms with Crippen molar-refractivity contribution in [3.05, 3.63) is 23.5 Å². The highest BCUT2D eigenvalue weighted by Gasteiger charge is 2.27. The number of rotatable bonds is 4. The topological polar surface area (TPSA) is 75.3 Å². The first-order chi connectivity index (χ1) is 8.93. The fourth-order valence-corrected chi connectivity index (χ4v) is 2.66. The van der Waals surface area contributed by atoms with Gasteiger partial charge in [-0.05, 0) is 37.8 Å². The average molecular weight is 282 g/mol. The number of nitrogens with two attached hydrogens (primary N) is 1. The highest BCUT2D eigenvalue weighted by molar-refractivity contribution is 6.00. The van der Waals surface area contributed by atoms with Crippen LogP contribution in [0.1, 0.15) is 51.4 Å². The van der Waals surface area contributed by atoms with Crippen LogP contribution in [-0.4, -0.2) is 16.6 Å². The van der Waals surface area contributed by atoms with Crippen molar-refractivity contribution in [3.63, 3.8) is 0 Å². The van der Waals surface area contributed by atoms with Crippen molar-refractivity contribution in [2.45, 2.75) is 46.6 Å². The van der Waals surface area contributed by atoms with Crippen molar-refractivity contribution < 1.29 is 14.3 Å². The van der Waals surface area contributed by atoms with E-state index in [0.717, 1.165) is 6.42 Å². The third-order valence-corrected chi connectivity index (χ3v) is 2.85. The molecule has 0 saturated carbocycles. The predicted octanol–water partition coefficient (Wildman–Crippen LogP) is 3.73. The maximum Gasteiger partial charge on any atom is 0.340 e. The number of hydrogen-bond acceptors (Lipinski definition) is 3. The Morgan fingerprint density at radius 3 is 2.30 bits per heavy atom. The van der Waals surface area contributed by atoms with Crippen molar-refractivity contribution in [2.75, 3.05) is 11.1 Å². The van der Waals surface area contributed by atoms with Gasteiger partial charge in [-0.15, -0.1) is 0 Å². The minimum absolute atomic E-state index is 0.0749. The van der Waals surface area contributed by atoms with E-state index in [2.05, 4.69) is 26.1 Å². The van der Waals surface area contributed by atoms with Crippen LogP contribution >= 0.6 is 0 Å². The first-order valence-corrected chi connectivity index (χ1v) is 6.52. The summed E-state index contributed by atoms with van der Waals surface area (Å²) >= 11 is 0. The van der Waals surface area contributed by atoms with Gasteiger partial charge in [-0.2, -0.15) is 0 Å². The molecular weight excluding hydrogens is 259 g/mol. The molecule has 20 heavy (non-hydrogen) atoms. The van der Waals surface area contributed by atoms with E-state index in [1.807, 2.05) is 13.8 Å². The molecule has 4 nitrogen and oxygen atoms in total. The van der Waals surface area contributed by atoms with Crippen LogP contribution in [0, 0.1) is 11.2 Å². The quantitative estimate of drug-likeness (QED) is 0.735. The third-order valence-electron chi connectivity index (χ3n) is 2.85. The lowest BCUT2D eigenvalue weighted by molar-refractivity contribution is 0.0698. The number of carboxylic acids is 1. The Morgan fingerprint density at radius 1 is 1.30 bits per heavy atom. The summed E-state index contributed by atoms with van der Waals surface area (Å²) in [7, 11) is 0. The zero-order valence-corrected chi connectivity index (χ0v) is 12.7. The normalized spacial score (nSPS) is 12.3. The molecule has 4 N–H and O–H groups in total. The minimum Gasteiger partial charge on any atom is -0.478 e. The van der Waals surface area contributed by atoms with Crippen LogP contribution in [0.3, 0.4) is 0 Å². The van der Waals surface area contributed by atoms with Gasteiger partial charge in [0.05, 0.1) is 11.4 Å². The van der Waals surface area contributed by atoms with Crippen LogP contribution < -0.4 is 11.1 Å². The number of nitrogens with one attached hydrogen (secondary N) is 1. The molecule has 0 unspecified atom stereocenters. The number of carboxylic acid groups (broad SMARTS) is 1. The molecule has 0 fully saturated rings. The van der Waals surface area contributed by atoms with E-state index in [0.29, 0.717) is 5.69 Å². The monoisotopic (exact) mass is 282 g/mol. The van der Waals surface area contributed by atoms with Gasteiger partial charge < -0.3 is 16.2 Å². The van der Waals surface area contributed by atoms with Crippen LogP contribution in [0.25, 0.3) is 0 Å². The lowest BCUT2D eigenvalue weighted by Crippen LogP contribution is -2.36. The maximum absolute atomic E-state index is 13.4. The zero-order chi connectivity index (χ0) is 15.7. The minimum atomic E-state index is -1.24. The molecule has 0 aliphatic carbocycles. The van der Waals surface area contributed by atoms with Crippen LogP contribution in [0.2, 0.25) is 0 Å². The van der Waals surface area contributed by atoms with Gasteiger partial charge in [-0.25, -0.2) is 9.18 Å². The molecule has 0 aromatic heterocycles. The lowest BCUT2D eigenvalue weighted by atomic mass is 9.81. The molecule has 0 saturated heterocycles. The number of aromatic carboxylic acids is 1. The number of benzene rings is 1. The Morgan fingerprint density at radius 2 is 1.85 bits per heavy atom. The Balaban J connectivity index is 3.16. The number of nitrogen functional groups attached to an aromatic ring is 1. The van der Waals surface area contributed by atoms with Gasteiger partial charge in [-0.1, -0.05) is 20.8 Å². The second-order valence-corrected chi connectivity index (χ2v) is 6.94. The summed E-state index contributed by atoms with van der Waals surface area (Å²) in [5, 5.41) is 12.4. The largest absolute Gasteiger partial charge is 0.478 e. The van der Waals surface area contributed by atoms with Gasteiger partial charge in [-0.3, -0.25) is 0 Å². The summed E-state index contributed by atoms with van der Waals surface area (Å²) < 4.78 is 13.4. The average Bonchev–Trinajstić information content (AvgIpc) is 2.18. The van der Waals surface area contributed by atoms with E-state index >= 15 is 0 Å².